The molecule has 1 aromatic carbocycles. The summed E-state index contributed by atoms with van der Waals surface area (Å²) in [7, 11) is -3.23. The van der Waals surface area contributed by atoms with Crippen LogP contribution in [-0.4, -0.2) is 62.4 Å². The molecule has 0 N–H and O–H groups in total. The predicted molar refractivity (Wildman–Crippen MR) is 73.5 cm³/mol. The van der Waals surface area contributed by atoms with E-state index in [9.17, 15) is 22.0 Å². The number of hydrogen-bond donors (Lipinski definition) is 0. The summed E-state index contributed by atoms with van der Waals surface area (Å²) in [5.41, 5.74) is -0.277. The average molecular weight is 318 g/mol. The highest BCUT2D eigenvalue weighted by atomic mass is 32.2. The van der Waals surface area contributed by atoms with Gasteiger partial charge in [0.25, 0.3) is 0 Å². The molecule has 0 saturated carbocycles. The quantitative estimate of drug-likeness (QED) is 0.768. The molecule has 1 heterocycles. The molecule has 1 saturated heterocycles. The largest absolute Gasteiger partial charge is 0.293 e. The molecule has 0 radical (unpaired) electrons. The standard InChI is InChI=1S/C13H16F2N2O3S/c1-21(19,20)17-6-4-16(5-7-17)9-13(18)11-8-10(14)2-3-12(11)15/h2-3,8H,4-7,9H2,1H3. The summed E-state index contributed by atoms with van der Waals surface area (Å²) >= 11 is 0. The number of halogens is 2. The number of benzene rings is 1. The predicted octanol–water partition coefficient (Wildman–Crippen LogP) is 0.725. The second kappa shape index (κ2) is 6.17. The van der Waals surface area contributed by atoms with Crippen LogP contribution in [0.15, 0.2) is 18.2 Å². The number of Topliss-reactive ketones (excluding diaryl/α,β-unsaturated/α-hetero) is 1. The van der Waals surface area contributed by atoms with E-state index in [1.54, 1.807) is 4.90 Å². The van der Waals surface area contributed by atoms with E-state index in [0.717, 1.165) is 24.5 Å². The van der Waals surface area contributed by atoms with Crippen molar-refractivity contribution in [3.63, 3.8) is 0 Å². The second-order valence-electron chi connectivity index (χ2n) is 4.99. The van der Waals surface area contributed by atoms with Crippen LogP contribution in [0.5, 0.6) is 0 Å². The van der Waals surface area contributed by atoms with E-state index >= 15 is 0 Å². The third-order valence-electron chi connectivity index (χ3n) is 3.40. The number of ketones is 1. The van der Waals surface area contributed by atoms with Crippen molar-refractivity contribution in [2.24, 2.45) is 0 Å². The van der Waals surface area contributed by atoms with Crippen molar-refractivity contribution in [2.75, 3.05) is 39.0 Å². The number of sulfonamides is 1. The van der Waals surface area contributed by atoms with Crippen molar-refractivity contribution in [3.05, 3.63) is 35.4 Å². The van der Waals surface area contributed by atoms with Crippen molar-refractivity contribution in [3.8, 4) is 0 Å². The lowest BCUT2D eigenvalue weighted by atomic mass is 10.1. The van der Waals surface area contributed by atoms with E-state index < -0.39 is 27.4 Å². The highest BCUT2D eigenvalue weighted by Crippen LogP contribution is 2.12. The van der Waals surface area contributed by atoms with Crippen LogP contribution in [0.25, 0.3) is 0 Å². The Morgan fingerprint density at radius 1 is 1.19 bits per heavy atom. The minimum absolute atomic E-state index is 0.0576. The van der Waals surface area contributed by atoms with Crippen molar-refractivity contribution < 1.29 is 22.0 Å². The molecule has 0 aromatic heterocycles. The van der Waals surface area contributed by atoms with Crippen LogP contribution in [0.3, 0.4) is 0 Å². The molecule has 1 aromatic rings. The fourth-order valence-corrected chi connectivity index (χ4v) is 3.05. The van der Waals surface area contributed by atoms with Crippen molar-refractivity contribution in [1.29, 1.82) is 0 Å². The SMILES string of the molecule is CS(=O)(=O)N1CCN(CC(=O)c2cc(F)ccc2F)CC1. The van der Waals surface area contributed by atoms with Gasteiger partial charge in [0.1, 0.15) is 11.6 Å². The van der Waals surface area contributed by atoms with E-state index in [1.165, 1.54) is 4.31 Å². The van der Waals surface area contributed by atoms with Crippen molar-refractivity contribution in [2.45, 2.75) is 0 Å². The van der Waals surface area contributed by atoms with E-state index in [-0.39, 0.29) is 25.2 Å². The molecule has 0 atom stereocenters. The molecule has 0 unspecified atom stereocenters. The molecule has 1 fully saturated rings. The number of carbonyl (C=O) groups excluding carboxylic acids is 1. The maximum absolute atomic E-state index is 13.5. The Hall–Kier alpha value is -1.38. The van der Waals surface area contributed by atoms with Gasteiger partial charge in [0.05, 0.1) is 18.4 Å². The van der Waals surface area contributed by atoms with E-state index in [0.29, 0.717) is 13.1 Å². The van der Waals surface area contributed by atoms with Gasteiger partial charge in [0.15, 0.2) is 5.78 Å². The summed E-state index contributed by atoms with van der Waals surface area (Å²) in [4.78, 5) is 13.7. The van der Waals surface area contributed by atoms with Crippen LogP contribution in [0.1, 0.15) is 10.4 Å². The average Bonchev–Trinajstić information content (AvgIpc) is 2.41. The van der Waals surface area contributed by atoms with Crippen LogP contribution in [0.4, 0.5) is 8.78 Å². The molecule has 116 valence electrons. The first-order chi connectivity index (χ1) is 9.77. The Morgan fingerprint density at radius 3 is 2.38 bits per heavy atom. The summed E-state index contributed by atoms with van der Waals surface area (Å²) in [5, 5.41) is 0. The molecular formula is C13H16F2N2O3S. The van der Waals surface area contributed by atoms with Crippen LogP contribution < -0.4 is 0 Å². The van der Waals surface area contributed by atoms with Crippen LogP contribution in [-0.2, 0) is 10.0 Å². The Balaban J connectivity index is 1.97. The Morgan fingerprint density at radius 2 is 1.81 bits per heavy atom. The molecule has 8 heteroatoms. The lowest BCUT2D eigenvalue weighted by Crippen LogP contribution is -2.49. The molecule has 1 aliphatic rings. The highest BCUT2D eigenvalue weighted by molar-refractivity contribution is 7.88. The van der Waals surface area contributed by atoms with Crippen molar-refractivity contribution in [1.82, 2.24) is 9.21 Å². The van der Waals surface area contributed by atoms with Gasteiger partial charge in [-0.25, -0.2) is 17.2 Å². The van der Waals surface area contributed by atoms with Gasteiger partial charge in [-0.3, -0.25) is 9.69 Å². The number of rotatable bonds is 4. The first kappa shape index (κ1) is 16.0. The lowest BCUT2D eigenvalue weighted by Gasteiger charge is -2.32. The van der Waals surface area contributed by atoms with Gasteiger partial charge < -0.3 is 0 Å². The zero-order valence-corrected chi connectivity index (χ0v) is 12.4. The lowest BCUT2D eigenvalue weighted by molar-refractivity contribution is 0.0897. The molecule has 0 amide bonds. The van der Waals surface area contributed by atoms with Gasteiger partial charge in [0.2, 0.25) is 10.0 Å². The summed E-state index contributed by atoms with van der Waals surface area (Å²) in [6.07, 6.45) is 1.13. The van der Waals surface area contributed by atoms with Crippen LogP contribution in [0, 0.1) is 11.6 Å². The fourth-order valence-electron chi connectivity index (χ4n) is 2.22. The first-order valence-corrected chi connectivity index (χ1v) is 8.28. The fraction of sp³-hybridized carbons (Fsp3) is 0.462. The van der Waals surface area contributed by atoms with Crippen molar-refractivity contribution >= 4 is 15.8 Å². The normalized spacial score (nSPS) is 17.9. The molecule has 1 aliphatic heterocycles. The summed E-state index contributed by atoms with van der Waals surface area (Å²) in [5.74, 6) is -1.93. The molecule has 0 bridgehead atoms. The monoisotopic (exact) mass is 318 g/mol. The van der Waals surface area contributed by atoms with E-state index in [2.05, 4.69) is 0 Å². The van der Waals surface area contributed by atoms with Gasteiger partial charge in [-0.1, -0.05) is 0 Å². The van der Waals surface area contributed by atoms with E-state index in [4.69, 9.17) is 0 Å². The number of piperazine rings is 1. The Kier molecular flexibility index (Phi) is 4.70. The molecule has 5 nitrogen and oxygen atoms in total. The highest BCUT2D eigenvalue weighted by Gasteiger charge is 2.25. The molecule has 0 aliphatic carbocycles. The molecule has 0 spiro atoms. The summed E-state index contributed by atoms with van der Waals surface area (Å²) < 4.78 is 50.6. The molecule has 21 heavy (non-hydrogen) atoms. The van der Waals surface area contributed by atoms with Crippen LogP contribution >= 0.6 is 0 Å². The van der Waals surface area contributed by atoms with E-state index in [1.807, 2.05) is 0 Å². The molecule has 2 rings (SSSR count). The first-order valence-electron chi connectivity index (χ1n) is 6.43. The zero-order valence-electron chi connectivity index (χ0n) is 11.6. The summed E-state index contributed by atoms with van der Waals surface area (Å²) in [6.45, 7) is 1.29. The third kappa shape index (κ3) is 4.05. The maximum atomic E-state index is 13.5. The van der Waals surface area contributed by atoms with Crippen LogP contribution in [0.2, 0.25) is 0 Å². The maximum Gasteiger partial charge on any atom is 0.211 e. The minimum Gasteiger partial charge on any atom is -0.293 e. The number of carbonyl (C=O) groups is 1. The van der Waals surface area contributed by atoms with Gasteiger partial charge in [0, 0.05) is 26.2 Å². The minimum atomic E-state index is -3.23. The van der Waals surface area contributed by atoms with Gasteiger partial charge in [-0.15, -0.1) is 0 Å². The number of hydrogen-bond acceptors (Lipinski definition) is 4. The van der Waals surface area contributed by atoms with Gasteiger partial charge >= 0.3 is 0 Å². The third-order valence-corrected chi connectivity index (χ3v) is 4.70. The Bertz CT molecular complexity index is 641. The second-order valence-corrected chi connectivity index (χ2v) is 6.97. The Labute approximate surface area is 122 Å². The summed E-state index contributed by atoms with van der Waals surface area (Å²) in [6, 6.07) is 2.76. The van der Waals surface area contributed by atoms with Gasteiger partial charge in [-0.05, 0) is 18.2 Å². The topological polar surface area (TPSA) is 57.7 Å². The van der Waals surface area contributed by atoms with Gasteiger partial charge in [-0.2, -0.15) is 4.31 Å². The molecular weight excluding hydrogens is 302 g/mol. The number of nitrogens with zero attached hydrogens (tertiary/aromatic N) is 2. The smallest absolute Gasteiger partial charge is 0.211 e. The zero-order chi connectivity index (χ0) is 15.6.